The summed E-state index contributed by atoms with van der Waals surface area (Å²) >= 11 is 11.5. The summed E-state index contributed by atoms with van der Waals surface area (Å²) in [6, 6.07) is 4.87. The molecule has 1 nitrogen and oxygen atoms in total. The molecule has 54 valence electrons. The molecule has 0 saturated carbocycles. The lowest BCUT2D eigenvalue weighted by Crippen LogP contribution is -1.84. The first-order chi connectivity index (χ1) is 5.66. The summed E-state index contributed by atoms with van der Waals surface area (Å²) in [6.45, 7) is -1.15. The van der Waals surface area contributed by atoms with Crippen molar-refractivity contribution in [2.75, 3.05) is 0 Å². The Morgan fingerprint density at radius 1 is 1.50 bits per heavy atom. The number of hydrogen-bond donors (Lipinski definition) is 1. The van der Waals surface area contributed by atoms with Crippen LogP contribution in [0.15, 0.2) is 18.2 Å². The molecule has 1 aromatic carbocycles. The third-order valence-electron chi connectivity index (χ3n) is 1.12. The quantitative estimate of drug-likeness (QED) is 0.739. The lowest BCUT2D eigenvalue weighted by molar-refractivity contribution is 0.282. The highest BCUT2D eigenvalue weighted by Crippen LogP contribution is 2.23. The van der Waals surface area contributed by atoms with E-state index in [9.17, 15) is 0 Å². The Kier molecular flexibility index (Phi) is 1.75. The van der Waals surface area contributed by atoms with Gasteiger partial charge in [-0.2, -0.15) is 0 Å². The van der Waals surface area contributed by atoms with E-state index in [-0.39, 0.29) is 0 Å². The number of halogens is 2. The molecule has 3 heteroatoms. The summed E-state index contributed by atoms with van der Waals surface area (Å²) in [5, 5.41) is 4.73. The van der Waals surface area contributed by atoms with Crippen molar-refractivity contribution in [1.29, 1.82) is 1.43 Å². The van der Waals surface area contributed by atoms with Crippen molar-refractivity contribution >= 4 is 23.2 Å². The Bertz CT molecular complexity index is 260. The number of aliphatic hydroxyl groups excluding tert-OH is 1. The third-order valence-corrected chi connectivity index (χ3v) is 1.78. The van der Waals surface area contributed by atoms with Crippen LogP contribution in [-0.4, -0.2) is 6.54 Å². The second kappa shape index (κ2) is 3.24. The normalized spacial score (nSPS) is 15.8. The van der Waals surface area contributed by atoms with Crippen molar-refractivity contribution in [3.05, 3.63) is 33.8 Å². The smallest absolute Gasteiger partial charge is 0.211 e. The van der Waals surface area contributed by atoms with Crippen LogP contribution in [0.1, 0.15) is 6.93 Å². The molecule has 0 amide bonds. The van der Waals surface area contributed by atoms with Crippen LogP contribution in [0.3, 0.4) is 0 Å². The first-order valence-electron chi connectivity index (χ1n) is 3.63. The van der Waals surface area contributed by atoms with E-state index in [1.165, 1.54) is 0 Å². The highest BCUT2D eigenvalue weighted by atomic mass is 35.5. The van der Waals surface area contributed by atoms with Crippen LogP contribution in [0, 0.1) is 0 Å². The van der Waals surface area contributed by atoms with E-state index >= 15 is 0 Å². The molecule has 1 aromatic rings. The molecule has 1 atom stereocenters. The highest BCUT2D eigenvalue weighted by molar-refractivity contribution is 6.35. The zero-order valence-electron chi connectivity index (χ0n) is 6.97. The van der Waals surface area contributed by atoms with Crippen LogP contribution < -0.4 is 0 Å². The van der Waals surface area contributed by atoms with Crippen molar-refractivity contribution in [3.63, 3.8) is 0 Å². The third kappa shape index (κ3) is 1.43. The molecule has 0 spiro atoms. The molecule has 1 N–H and O–H groups in total. The molecule has 0 saturated heterocycles. The summed E-state index contributed by atoms with van der Waals surface area (Å²) in [4.78, 5) is 0. The molecule has 1 unspecified atom stereocenters. The van der Waals surface area contributed by atoms with Gasteiger partial charge in [0, 0.05) is 15.6 Å². The zero-order valence-corrected chi connectivity index (χ0v) is 6.49. The molecule has 0 aliphatic heterocycles. The minimum Gasteiger partial charge on any atom is -0.392 e. The van der Waals surface area contributed by atoms with Crippen LogP contribution >= 0.6 is 23.2 Å². The molecule has 0 radical (unpaired) electrons. The van der Waals surface area contributed by atoms with Crippen LogP contribution in [-0.2, 0) is 6.58 Å². The van der Waals surface area contributed by atoms with Crippen LogP contribution in [0.5, 0.6) is 0 Å². The van der Waals surface area contributed by atoms with Crippen molar-refractivity contribution in [2.45, 2.75) is 6.58 Å². The second-order valence-electron chi connectivity index (χ2n) is 1.75. The summed E-state index contributed by atoms with van der Waals surface area (Å²) < 4.78 is 13.8. The Labute approximate surface area is 72.1 Å². The average Bonchev–Trinajstić information content (AvgIpc) is 2.03. The molecule has 0 heterocycles. The van der Waals surface area contributed by atoms with Crippen LogP contribution in [0.2, 0.25) is 10.0 Å². The average molecular weight is 179 g/mol. The van der Waals surface area contributed by atoms with E-state index in [0.717, 1.165) is 0 Å². The monoisotopic (exact) mass is 178 g/mol. The van der Waals surface area contributed by atoms with E-state index in [2.05, 4.69) is 5.11 Å². The van der Waals surface area contributed by atoms with Crippen molar-refractivity contribution in [1.82, 2.24) is 0 Å². The topological polar surface area (TPSA) is 20.2 Å². The molecule has 0 bridgehead atoms. The Hall–Kier alpha value is -0.240. The molecule has 10 heavy (non-hydrogen) atoms. The Morgan fingerprint density at radius 2 is 2.10 bits per heavy atom. The van der Waals surface area contributed by atoms with Gasteiger partial charge in [0.1, 0.15) is 0 Å². The minimum absolute atomic E-state index is 0.329. The lowest BCUT2D eigenvalue weighted by atomic mass is 10.2. The van der Waals surface area contributed by atoms with Crippen molar-refractivity contribution in [3.8, 4) is 0 Å². The molecular formula is C7H6Cl2O. The van der Waals surface area contributed by atoms with Gasteiger partial charge in [-0.3, -0.25) is 0 Å². The largest absolute Gasteiger partial charge is 0.392 e. The number of aliphatic hydroxyl groups is 1. The first-order valence-corrected chi connectivity index (χ1v) is 3.40. The number of hydrogen-bond acceptors (Lipinski definition) is 1. The van der Waals surface area contributed by atoms with E-state index in [4.69, 9.17) is 26.0 Å². The second-order valence-corrected chi connectivity index (χ2v) is 2.57. The van der Waals surface area contributed by atoms with Gasteiger partial charge in [-0.25, -0.2) is 0 Å². The van der Waals surface area contributed by atoms with Crippen LogP contribution in [0.25, 0.3) is 0 Å². The van der Waals surface area contributed by atoms with Crippen molar-refractivity contribution in [2.24, 2.45) is 0 Å². The van der Waals surface area contributed by atoms with E-state index < -0.39 is 6.58 Å². The molecule has 0 fully saturated rings. The number of benzene rings is 1. The molecular weight excluding hydrogens is 171 g/mol. The summed E-state index contributed by atoms with van der Waals surface area (Å²) in [5.74, 6) is 0. The van der Waals surface area contributed by atoms with E-state index in [1.807, 2.05) is 0 Å². The van der Waals surface area contributed by atoms with E-state index in [0.29, 0.717) is 15.6 Å². The fourth-order valence-corrected chi connectivity index (χ4v) is 1.11. The first kappa shape index (κ1) is 5.42. The highest BCUT2D eigenvalue weighted by Gasteiger charge is 2.01. The van der Waals surface area contributed by atoms with Gasteiger partial charge in [0.25, 0.3) is 0 Å². The maximum Gasteiger partial charge on any atom is 0.211 e. The SMILES string of the molecule is [2H]OC([2H])c1c(Cl)cccc1Cl. The minimum atomic E-state index is -1.15. The predicted molar refractivity (Wildman–Crippen MR) is 42.4 cm³/mol. The van der Waals surface area contributed by atoms with Gasteiger partial charge in [0.15, 0.2) is 0 Å². The van der Waals surface area contributed by atoms with Gasteiger partial charge in [0.05, 0.1) is 7.95 Å². The van der Waals surface area contributed by atoms with Gasteiger partial charge >= 0.3 is 0 Å². The Morgan fingerprint density at radius 3 is 2.60 bits per heavy atom. The maximum absolute atomic E-state index is 7.26. The fraction of sp³-hybridized carbons (Fsp3) is 0.143. The maximum atomic E-state index is 7.26. The Balaban J connectivity index is 3.12. The molecule has 0 aromatic heterocycles. The van der Waals surface area contributed by atoms with Crippen molar-refractivity contribution < 1.29 is 6.48 Å². The number of rotatable bonds is 2. The molecule has 0 aliphatic rings. The van der Waals surface area contributed by atoms with Gasteiger partial charge in [0.2, 0.25) is 1.43 Å². The van der Waals surface area contributed by atoms with Gasteiger partial charge in [-0.15, -0.1) is 0 Å². The lowest BCUT2D eigenvalue weighted by Gasteiger charge is -2.00. The van der Waals surface area contributed by atoms with Gasteiger partial charge < -0.3 is 5.11 Å². The van der Waals surface area contributed by atoms with Gasteiger partial charge in [-0.05, 0) is 12.1 Å². The summed E-state index contributed by atoms with van der Waals surface area (Å²) in [5.41, 5.74) is 0.329. The standard InChI is InChI=1S/C7H6Cl2O/c8-6-2-1-3-7(9)5(6)4-10/h1-3,10H,4H2/i4D,10D. The summed E-state index contributed by atoms with van der Waals surface area (Å²) in [6.07, 6.45) is 0. The fourth-order valence-electron chi connectivity index (χ4n) is 0.623. The summed E-state index contributed by atoms with van der Waals surface area (Å²) in [7, 11) is 0. The van der Waals surface area contributed by atoms with Crippen LogP contribution in [0.4, 0.5) is 0 Å². The van der Waals surface area contributed by atoms with Gasteiger partial charge in [-0.1, -0.05) is 29.3 Å². The molecule has 1 rings (SSSR count). The predicted octanol–water partition coefficient (Wildman–Crippen LogP) is 2.49. The molecule has 0 aliphatic carbocycles. The zero-order chi connectivity index (χ0) is 9.14. The van der Waals surface area contributed by atoms with E-state index in [1.54, 1.807) is 18.2 Å².